The summed E-state index contributed by atoms with van der Waals surface area (Å²) in [6, 6.07) is 9.93. The van der Waals surface area contributed by atoms with Gasteiger partial charge in [-0.3, -0.25) is 4.79 Å². The molecule has 1 aliphatic rings. The van der Waals surface area contributed by atoms with Crippen LogP contribution in [0.5, 0.6) is 17.2 Å². The van der Waals surface area contributed by atoms with Gasteiger partial charge in [-0.05, 0) is 49.2 Å². The van der Waals surface area contributed by atoms with Gasteiger partial charge < -0.3 is 24.0 Å². The minimum absolute atomic E-state index is 0.0287. The lowest BCUT2D eigenvalue weighted by Gasteiger charge is -2.36. The van der Waals surface area contributed by atoms with Gasteiger partial charge in [-0.15, -0.1) is 0 Å². The van der Waals surface area contributed by atoms with Crippen LogP contribution in [0.2, 0.25) is 0 Å². The Morgan fingerprint density at radius 2 is 1.43 bits per heavy atom. The summed E-state index contributed by atoms with van der Waals surface area (Å²) >= 11 is 0. The Kier molecular flexibility index (Phi) is 5.97. The van der Waals surface area contributed by atoms with Crippen molar-refractivity contribution >= 4 is 11.6 Å². The molecule has 1 heterocycles. The monoisotopic (exact) mass is 384 g/mol. The highest BCUT2D eigenvalue weighted by atomic mass is 16.5. The molecule has 6 nitrogen and oxygen atoms in total. The van der Waals surface area contributed by atoms with Crippen molar-refractivity contribution in [3.05, 3.63) is 47.0 Å². The minimum Gasteiger partial charge on any atom is -0.493 e. The summed E-state index contributed by atoms with van der Waals surface area (Å²) in [5, 5.41) is 0. The molecule has 0 N–H and O–H groups in total. The van der Waals surface area contributed by atoms with Crippen LogP contribution in [-0.2, 0) is 0 Å². The van der Waals surface area contributed by atoms with E-state index < -0.39 is 0 Å². The number of piperazine rings is 1. The van der Waals surface area contributed by atoms with Crippen LogP contribution >= 0.6 is 0 Å². The van der Waals surface area contributed by atoms with Gasteiger partial charge in [-0.2, -0.15) is 0 Å². The molecular formula is C22H28N2O4. The Hall–Kier alpha value is -2.89. The molecule has 1 aliphatic heterocycles. The molecule has 6 heteroatoms. The summed E-state index contributed by atoms with van der Waals surface area (Å²) in [6.45, 7) is 7.19. The first-order chi connectivity index (χ1) is 13.5. The fraction of sp³-hybridized carbons (Fsp3) is 0.409. The lowest BCUT2D eigenvalue weighted by Crippen LogP contribution is -2.48. The predicted octanol–water partition coefficient (Wildman–Crippen LogP) is 3.29. The average Bonchev–Trinajstić information content (AvgIpc) is 2.74. The lowest BCUT2D eigenvalue weighted by molar-refractivity contribution is 0.0746. The van der Waals surface area contributed by atoms with Gasteiger partial charge in [-0.1, -0.05) is 6.07 Å². The molecule has 28 heavy (non-hydrogen) atoms. The molecule has 1 fully saturated rings. The molecule has 3 rings (SSSR count). The third kappa shape index (κ3) is 3.86. The maximum Gasteiger partial charge on any atom is 0.254 e. The zero-order chi connectivity index (χ0) is 20.3. The maximum absolute atomic E-state index is 13.0. The number of methoxy groups -OCH3 is 3. The number of aryl methyl sites for hydroxylation is 2. The Bertz CT molecular complexity index is 833. The van der Waals surface area contributed by atoms with Crippen molar-refractivity contribution in [1.82, 2.24) is 4.90 Å². The van der Waals surface area contributed by atoms with E-state index in [0.717, 1.165) is 13.1 Å². The number of carbonyl (C=O) groups excluding carboxylic acids is 1. The summed E-state index contributed by atoms with van der Waals surface area (Å²) in [4.78, 5) is 17.2. The van der Waals surface area contributed by atoms with Crippen molar-refractivity contribution in [3.8, 4) is 17.2 Å². The number of hydrogen-bond donors (Lipinski definition) is 0. The van der Waals surface area contributed by atoms with Gasteiger partial charge >= 0.3 is 0 Å². The molecule has 150 valence electrons. The van der Waals surface area contributed by atoms with Crippen molar-refractivity contribution in [2.75, 3.05) is 52.4 Å². The van der Waals surface area contributed by atoms with E-state index in [1.54, 1.807) is 33.5 Å². The number of carbonyl (C=O) groups is 1. The normalized spacial score (nSPS) is 14.0. The van der Waals surface area contributed by atoms with E-state index in [1.807, 2.05) is 4.90 Å². The zero-order valence-electron chi connectivity index (χ0n) is 17.2. The van der Waals surface area contributed by atoms with Crippen LogP contribution in [0, 0.1) is 13.8 Å². The Morgan fingerprint density at radius 1 is 0.821 bits per heavy atom. The number of hydrogen-bond acceptors (Lipinski definition) is 5. The summed E-state index contributed by atoms with van der Waals surface area (Å²) < 4.78 is 16.1. The van der Waals surface area contributed by atoms with Gasteiger partial charge in [0, 0.05) is 37.4 Å². The highest BCUT2D eigenvalue weighted by Gasteiger charge is 2.25. The first kappa shape index (κ1) is 19.9. The van der Waals surface area contributed by atoms with E-state index in [9.17, 15) is 4.79 Å². The summed E-state index contributed by atoms with van der Waals surface area (Å²) in [7, 11) is 4.65. The minimum atomic E-state index is -0.0287. The van der Waals surface area contributed by atoms with E-state index in [4.69, 9.17) is 14.2 Å². The van der Waals surface area contributed by atoms with Gasteiger partial charge in [0.1, 0.15) is 0 Å². The van der Waals surface area contributed by atoms with Crippen LogP contribution in [0.1, 0.15) is 21.5 Å². The average molecular weight is 384 g/mol. The zero-order valence-corrected chi connectivity index (χ0v) is 17.2. The van der Waals surface area contributed by atoms with Crippen LogP contribution in [0.3, 0.4) is 0 Å². The molecule has 1 saturated heterocycles. The fourth-order valence-corrected chi connectivity index (χ4v) is 3.48. The van der Waals surface area contributed by atoms with Gasteiger partial charge in [0.05, 0.1) is 21.3 Å². The van der Waals surface area contributed by atoms with Crippen LogP contribution in [-0.4, -0.2) is 58.3 Å². The quantitative estimate of drug-likeness (QED) is 0.792. The smallest absolute Gasteiger partial charge is 0.254 e. The van der Waals surface area contributed by atoms with Gasteiger partial charge in [-0.25, -0.2) is 0 Å². The van der Waals surface area contributed by atoms with Crippen LogP contribution in [0.15, 0.2) is 30.3 Å². The molecule has 0 aliphatic carbocycles. The van der Waals surface area contributed by atoms with Crippen molar-refractivity contribution in [3.63, 3.8) is 0 Å². The predicted molar refractivity (Wildman–Crippen MR) is 110 cm³/mol. The molecule has 0 saturated carbocycles. The number of nitrogens with zero attached hydrogens (tertiary/aromatic N) is 2. The van der Waals surface area contributed by atoms with Gasteiger partial charge in [0.25, 0.3) is 5.91 Å². The Morgan fingerprint density at radius 3 is 1.93 bits per heavy atom. The number of anilines is 1. The molecule has 0 aromatic heterocycles. The van der Waals surface area contributed by atoms with Crippen molar-refractivity contribution < 1.29 is 19.0 Å². The number of rotatable bonds is 5. The second-order valence-corrected chi connectivity index (χ2v) is 6.96. The largest absolute Gasteiger partial charge is 0.493 e. The summed E-state index contributed by atoms with van der Waals surface area (Å²) in [6.07, 6.45) is 0. The second-order valence-electron chi connectivity index (χ2n) is 6.96. The molecule has 0 bridgehead atoms. The molecule has 1 amide bonds. The van der Waals surface area contributed by atoms with Crippen LogP contribution < -0.4 is 19.1 Å². The third-order valence-corrected chi connectivity index (χ3v) is 5.33. The molecule has 0 radical (unpaired) electrons. The maximum atomic E-state index is 13.0. The van der Waals surface area contributed by atoms with E-state index >= 15 is 0 Å². The van der Waals surface area contributed by atoms with E-state index in [2.05, 4.69) is 36.9 Å². The van der Waals surface area contributed by atoms with E-state index in [0.29, 0.717) is 35.9 Å². The van der Waals surface area contributed by atoms with Crippen LogP contribution in [0.25, 0.3) is 0 Å². The lowest BCUT2D eigenvalue weighted by atomic mass is 10.1. The van der Waals surface area contributed by atoms with Crippen molar-refractivity contribution in [2.24, 2.45) is 0 Å². The van der Waals surface area contributed by atoms with Gasteiger partial charge in [0.15, 0.2) is 11.5 Å². The fourth-order valence-electron chi connectivity index (χ4n) is 3.48. The third-order valence-electron chi connectivity index (χ3n) is 5.33. The Balaban J connectivity index is 1.74. The SMILES string of the molecule is COc1cc(C(=O)N2CCN(c3ccc(C)c(C)c3)CC2)cc(OC)c1OC. The molecule has 0 atom stereocenters. The topological polar surface area (TPSA) is 51.2 Å². The highest BCUT2D eigenvalue weighted by Crippen LogP contribution is 2.38. The summed E-state index contributed by atoms with van der Waals surface area (Å²) in [5.41, 5.74) is 4.32. The summed E-state index contributed by atoms with van der Waals surface area (Å²) in [5.74, 6) is 1.43. The van der Waals surface area contributed by atoms with Crippen molar-refractivity contribution in [2.45, 2.75) is 13.8 Å². The highest BCUT2D eigenvalue weighted by molar-refractivity contribution is 5.95. The van der Waals surface area contributed by atoms with E-state index in [1.165, 1.54) is 16.8 Å². The first-order valence-corrected chi connectivity index (χ1v) is 9.40. The molecule has 2 aromatic carbocycles. The van der Waals surface area contributed by atoms with E-state index in [-0.39, 0.29) is 5.91 Å². The van der Waals surface area contributed by atoms with Crippen molar-refractivity contribution in [1.29, 1.82) is 0 Å². The standard InChI is InChI=1S/C22H28N2O4/c1-15-6-7-18(12-16(15)2)23-8-10-24(11-9-23)22(25)17-13-19(26-3)21(28-5)20(14-17)27-4/h6-7,12-14H,8-11H2,1-5H3. The number of ether oxygens (including phenoxy) is 3. The molecule has 0 unspecified atom stereocenters. The first-order valence-electron chi connectivity index (χ1n) is 9.40. The number of amides is 1. The van der Waals surface area contributed by atoms with Crippen LogP contribution in [0.4, 0.5) is 5.69 Å². The molecule has 0 spiro atoms. The Labute approximate surface area is 166 Å². The van der Waals surface area contributed by atoms with Gasteiger partial charge in [0.2, 0.25) is 5.75 Å². The molecule has 2 aromatic rings. The number of benzene rings is 2. The molecular weight excluding hydrogens is 356 g/mol. The second kappa shape index (κ2) is 8.42.